The number of nitrogens with one attached hydrogen (secondary N) is 2. The van der Waals surface area contributed by atoms with E-state index in [1.807, 2.05) is 18.2 Å². The summed E-state index contributed by atoms with van der Waals surface area (Å²) < 4.78 is 5.27. The molecule has 1 aromatic carbocycles. The Kier molecular flexibility index (Phi) is 5.38. The van der Waals surface area contributed by atoms with Gasteiger partial charge < -0.3 is 15.4 Å². The Morgan fingerprint density at radius 3 is 2.54 bits per heavy atom. The van der Waals surface area contributed by atoms with Crippen LogP contribution in [0.1, 0.15) is 24.0 Å². The van der Waals surface area contributed by atoms with E-state index >= 15 is 0 Å². The Morgan fingerprint density at radius 2 is 1.83 bits per heavy atom. The highest BCUT2D eigenvalue weighted by Crippen LogP contribution is 2.17. The summed E-state index contributed by atoms with van der Waals surface area (Å²) in [5.74, 6) is 1.16. The van der Waals surface area contributed by atoms with Gasteiger partial charge in [-0.15, -0.1) is 10.2 Å². The summed E-state index contributed by atoms with van der Waals surface area (Å²) in [6.45, 7) is 4.06. The van der Waals surface area contributed by atoms with E-state index in [1.54, 1.807) is 6.07 Å². The maximum Gasteiger partial charge on any atom is 0.228 e. The summed E-state index contributed by atoms with van der Waals surface area (Å²) in [5, 5.41) is 14.3. The van der Waals surface area contributed by atoms with E-state index in [1.165, 1.54) is 11.1 Å². The number of hydrogen-bond donors (Lipinski definition) is 2. The third-order valence-electron chi connectivity index (χ3n) is 4.23. The van der Waals surface area contributed by atoms with E-state index < -0.39 is 0 Å². The van der Waals surface area contributed by atoms with E-state index in [4.69, 9.17) is 4.74 Å². The van der Waals surface area contributed by atoms with E-state index in [-0.39, 0.29) is 11.8 Å². The maximum absolute atomic E-state index is 12.2. The van der Waals surface area contributed by atoms with Gasteiger partial charge in [0.2, 0.25) is 5.91 Å². The fourth-order valence-corrected chi connectivity index (χ4v) is 2.68. The standard InChI is InChI=1S/C18H22N4O2/c1-13-4-2-3-5-15(13)12-19-16-6-7-17(22-21-16)20-18(23)14-8-10-24-11-9-14/h2-7,14H,8-12H2,1H3,(H,19,21)(H,20,22,23). The Labute approximate surface area is 141 Å². The van der Waals surface area contributed by atoms with Gasteiger partial charge in [0, 0.05) is 25.7 Å². The zero-order valence-electron chi connectivity index (χ0n) is 13.8. The van der Waals surface area contributed by atoms with Gasteiger partial charge in [-0.3, -0.25) is 4.79 Å². The molecule has 1 amide bonds. The van der Waals surface area contributed by atoms with Crippen LogP contribution in [-0.2, 0) is 16.1 Å². The first-order chi connectivity index (χ1) is 11.7. The zero-order chi connectivity index (χ0) is 16.8. The molecule has 0 atom stereocenters. The molecule has 1 saturated heterocycles. The van der Waals surface area contributed by atoms with Crippen LogP contribution < -0.4 is 10.6 Å². The van der Waals surface area contributed by atoms with Crippen molar-refractivity contribution in [1.29, 1.82) is 0 Å². The van der Waals surface area contributed by atoms with E-state index in [0.29, 0.717) is 31.4 Å². The number of hydrogen-bond acceptors (Lipinski definition) is 5. The molecule has 6 heteroatoms. The molecule has 0 radical (unpaired) electrons. The molecule has 1 aliphatic heterocycles. The van der Waals surface area contributed by atoms with E-state index in [2.05, 4.69) is 39.9 Å². The first-order valence-corrected chi connectivity index (χ1v) is 8.23. The average Bonchev–Trinajstić information content (AvgIpc) is 2.63. The molecule has 6 nitrogen and oxygen atoms in total. The lowest BCUT2D eigenvalue weighted by atomic mass is 9.99. The van der Waals surface area contributed by atoms with Crippen LogP contribution in [0.15, 0.2) is 36.4 Å². The lowest BCUT2D eigenvalue weighted by Gasteiger charge is -2.20. The van der Waals surface area contributed by atoms with Crippen molar-refractivity contribution in [2.45, 2.75) is 26.3 Å². The predicted molar refractivity (Wildman–Crippen MR) is 92.7 cm³/mol. The third kappa shape index (κ3) is 4.29. The highest BCUT2D eigenvalue weighted by molar-refractivity contribution is 5.91. The molecule has 1 aliphatic rings. The highest BCUT2D eigenvalue weighted by Gasteiger charge is 2.21. The van der Waals surface area contributed by atoms with Crippen LogP contribution in [0.5, 0.6) is 0 Å². The van der Waals surface area contributed by atoms with Crippen LogP contribution in [0.2, 0.25) is 0 Å². The second-order valence-corrected chi connectivity index (χ2v) is 5.96. The number of amides is 1. The minimum absolute atomic E-state index is 0.000549. The quantitative estimate of drug-likeness (QED) is 0.883. The number of nitrogens with zero attached hydrogens (tertiary/aromatic N) is 2. The van der Waals surface area contributed by atoms with Crippen molar-refractivity contribution in [2.75, 3.05) is 23.8 Å². The second-order valence-electron chi connectivity index (χ2n) is 5.96. The SMILES string of the molecule is Cc1ccccc1CNc1ccc(NC(=O)C2CCOCC2)nn1. The van der Waals surface area contributed by atoms with Gasteiger partial charge in [-0.2, -0.15) is 0 Å². The van der Waals surface area contributed by atoms with Gasteiger partial charge in [-0.05, 0) is 43.0 Å². The molecular formula is C18H22N4O2. The van der Waals surface area contributed by atoms with Crippen molar-refractivity contribution in [3.63, 3.8) is 0 Å². The lowest BCUT2D eigenvalue weighted by molar-refractivity contribution is -0.122. The van der Waals surface area contributed by atoms with Crippen LogP contribution in [0.4, 0.5) is 11.6 Å². The van der Waals surface area contributed by atoms with Crippen molar-refractivity contribution in [1.82, 2.24) is 10.2 Å². The molecule has 0 spiro atoms. The van der Waals surface area contributed by atoms with Crippen LogP contribution in [-0.4, -0.2) is 29.3 Å². The van der Waals surface area contributed by atoms with Gasteiger partial charge in [0.15, 0.2) is 5.82 Å². The predicted octanol–water partition coefficient (Wildman–Crippen LogP) is 2.76. The molecule has 2 heterocycles. The first-order valence-electron chi connectivity index (χ1n) is 8.23. The van der Waals surface area contributed by atoms with Gasteiger partial charge >= 0.3 is 0 Å². The fourth-order valence-electron chi connectivity index (χ4n) is 2.68. The van der Waals surface area contributed by atoms with Crippen LogP contribution in [0.3, 0.4) is 0 Å². The highest BCUT2D eigenvalue weighted by atomic mass is 16.5. The minimum Gasteiger partial charge on any atom is -0.381 e. The number of rotatable bonds is 5. The number of aryl methyl sites for hydroxylation is 1. The summed E-state index contributed by atoms with van der Waals surface area (Å²) in [4.78, 5) is 12.2. The number of anilines is 2. The van der Waals surface area contributed by atoms with Gasteiger partial charge in [-0.25, -0.2) is 0 Å². The Hall–Kier alpha value is -2.47. The van der Waals surface area contributed by atoms with Crippen molar-refractivity contribution in [2.24, 2.45) is 5.92 Å². The van der Waals surface area contributed by atoms with Gasteiger partial charge in [-0.1, -0.05) is 24.3 Å². The molecular weight excluding hydrogens is 304 g/mol. The molecule has 0 aliphatic carbocycles. The number of ether oxygens (including phenoxy) is 1. The van der Waals surface area contributed by atoms with Crippen LogP contribution >= 0.6 is 0 Å². The second kappa shape index (κ2) is 7.88. The minimum atomic E-state index is -0.00628. The summed E-state index contributed by atoms with van der Waals surface area (Å²) >= 11 is 0. The molecule has 126 valence electrons. The average molecular weight is 326 g/mol. The third-order valence-corrected chi connectivity index (χ3v) is 4.23. The molecule has 0 unspecified atom stereocenters. The summed E-state index contributed by atoms with van der Waals surface area (Å²) in [6, 6.07) is 11.8. The monoisotopic (exact) mass is 326 g/mol. The Balaban J connectivity index is 1.53. The Bertz CT molecular complexity index is 682. The zero-order valence-corrected chi connectivity index (χ0v) is 13.8. The topological polar surface area (TPSA) is 76.1 Å². The van der Waals surface area contributed by atoms with E-state index in [0.717, 1.165) is 12.8 Å². The molecule has 3 rings (SSSR count). The van der Waals surface area contributed by atoms with Gasteiger partial charge in [0.1, 0.15) is 5.82 Å². The first kappa shape index (κ1) is 16.4. The fraction of sp³-hybridized carbons (Fsp3) is 0.389. The van der Waals surface area contributed by atoms with Crippen LogP contribution in [0, 0.1) is 12.8 Å². The largest absolute Gasteiger partial charge is 0.381 e. The molecule has 2 N–H and O–H groups in total. The number of benzene rings is 1. The van der Waals surface area contributed by atoms with Gasteiger partial charge in [0.25, 0.3) is 0 Å². The number of aromatic nitrogens is 2. The molecule has 0 saturated carbocycles. The maximum atomic E-state index is 12.2. The number of carbonyl (C=O) groups excluding carboxylic acids is 1. The van der Waals surface area contributed by atoms with Crippen molar-refractivity contribution in [3.8, 4) is 0 Å². The van der Waals surface area contributed by atoms with Crippen LogP contribution in [0.25, 0.3) is 0 Å². The number of carbonyl (C=O) groups is 1. The smallest absolute Gasteiger partial charge is 0.228 e. The molecule has 24 heavy (non-hydrogen) atoms. The molecule has 1 aromatic heterocycles. The summed E-state index contributed by atoms with van der Waals surface area (Å²) in [7, 11) is 0. The van der Waals surface area contributed by atoms with Gasteiger partial charge in [0.05, 0.1) is 0 Å². The van der Waals surface area contributed by atoms with Crippen molar-refractivity contribution < 1.29 is 9.53 Å². The Morgan fingerprint density at radius 1 is 1.12 bits per heavy atom. The summed E-state index contributed by atoms with van der Waals surface area (Å²) in [5.41, 5.74) is 2.45. The normalized spacial score (nSPS) is 15.0. The van der Waals surface area contributed by atoms with E-state index in [9.17, 15) is 4.79 Å². The van der Waals surface area contributed by atoms with Crippen molar-refractivity contribution in [3.05, 3.63) is 47.5 Å². The molecule has 1 fully saturated rings. The van der Waals surface area contributed by atoms with Crippen molar-refractivity contribution >= 4 is 17.5 Å². The summed E-state index contributed by atoms with van der Waals surface area (Å²) in [6.07, 6.45) is 1.52. The lowest BCUT2D eigenvalue weighted by Crippen LogP contribution is -2.28. The molecule has 2 aromatic rings. The molecule has 0 bridgehead atoms.